The van der Waals surface area contributed by atoms with Crippen molar-refractivity contribution in [3.8, 4) is 16.2 Å². The number of nitrogens with one attached hydrogen (secondary N) is 4. The maximum absolute atomic E-state index is 14.1. The molecule has 0 aliphatic carbocycles. The van der Waals surface area contributed by atoms with Crippen molar-refractivity contribution in [3.63, 3.8) is 0 Å². The molecule has 76 heavy (non-hydrogen) atoms. The number of piperidine rings is 1. The van der Waals surface area contributed by atoms with Gasteiger partial charge in [0, 0.05) is 94.7 Å². The number of anilines is 5. The number of hydrogen-bond acceptors (Lipinski definition) is 15. The fourth-order valence-electron chi connectivity index (χ4n) is 10.2. The van der Waals surface area contributed by atoms with Crippen LogP contribution in [0, 0.1) is 12.3 Å². The second-order valence-corrected chi connectivity index (χ2v) is 25.8. The highest BCUT2D eigenvalue weighted by Crippen LogP contribution is 2.39. The second-order valence-electron chi connectivity index (χ2n) is 21.3. The minimum absolute atomic E-state index is 0.00916. The van der Waals surface area contributed by atoms with E-state index in [1.165, 1.54) is 11.1 Å². The molecule has 4 amide bonds. The highest BCUT2D eigenvalue weighted by atomic mass is 35.5. The Kier molecular flexibility index (Phi) is 18.1. The Morgan fingerprint density at radius 2 is 1.64 bits per heavy atom. The smallest absolute Gasteiger partial charge is 0.246 e. The number of piperazine rings is 1. The summed E-state index contributed by atoms with van der Waals surface area (Å²) in [5, 5.41) is 24.0. The van der Waals surface area contributed by atoms with E-state index in [0.29, 0.717) is 64.8 Å². The predicted molar refractivity (Wildman–Crippen MR) is 301 cm³/mol. The first-order valence-electron chi connectivity index (χ1n) is 26.0. The van der Waals surface area contributed by atoms with Gasteiger partial charge in [-0.25, -0.2) is 9.97 Å². The summed E-state index contributed by atoms with van der Waals surface area (Å²) < 4.78 is 18.8. The number of nitrogens with zero attached hydrogens (tertiary/aromatic N) is 7. The Morgan fingerprint density at radius 3 is 2.32 bits per heavy atom. The standard InChI is InChI=1S/C55H71ClN11O7PS/c1-35-49(76-34-59-35)37-17-15-36(16-18-37)31-57-52(71)44-30-40(68)33-67(44)53(72)50(55(2,3)4)62-47(69)13-10-14-48(70)66-27-25-65(26-28-66)38-21-23-64(24-22-38)39-19-20-42(45(29-39)74-5)61-54-58-32-41(56)51(63-54)60-43-11-8-9-12-46(43)75(6,7)73/h8-9,11-12,15-20,29,32,34,38,40,44,50,68H,10,13-14,21-28,30-31,33H2,1-7H3,(H,57,71)(H,62,69)(H2,58,60,61,63)/t40-,44+,50?/m1/s1. The van der Waals surface area contributed by atoms with Crippen molar-refractivity contribution in [1.82, 2.24) is 40.3 Å². The van der Waals surface area contributed by atoms with Crippen LogP contribution < -0.4 is 36.2 Å². The lowest BCUT2D eigenvalue weighted by Gasteiger charge is -2.43. The van der Waals surface area contributed by atoms with Gasteiger partial charge in [0.25, 0.3) is 0 Å². The number of halogens is 1. The van der Waals surface area contributed by atoms with Gasteiger partial charge >= 0.3 is 0 Å². The quantitative estimate of drug-likeness (QED) is 0.0541. The predicted octanol–water partition coefficient (Wildman–Crippen LogP) is 7.40. The molecule has 8 rings (SSSR count). The van der Waals surface area contributed by atoms with Gasteiger partial charge in [0.05, 0.1) is 46.9 Å². The molecule has 5 aromatic rings. The fraction of sp³-hybridized carbons (Fsp3) is 0.473. The Labute approximate surface area is 454 Å². The number of carbonyl (C=O) groups is 4. The third kappa shape index (κ3) is 13.9. The zero-order chi connectivity index (χ0) is 54.3. The number of rotatable bonds is 18. The summed E-state index contributed by atoms with van der Waals surface area (Å²) in [6.07, 6.45) is 3.30. The molecular weight excluding hydrogens is 1030 g/mol. The topological polar surface area (TPSA) is 215 Å². The largest absolute Gasteiger partial charge is 0.494 e. The molecule has 5 heterocycles. The van der Waals surface area contributed by atoms with E-state index in [-0.39, 0.29) is 50.1 Å². The summed E-state index contributed by atoms with van der Waals surface area (Å²) in [5.41, 5.74) is 6.42. The van der Waals surface area contributed by atoms with E-state index < -0.39 is 36.7 Å². The summed E-state index contributed by atoms with van der Waals surface area (Å²) >= 11 is 8.07. The second kappa shape index (κ2) is 24.5. The van der Waals surface area contributed by atoms with Gasteiger partial charge in [0.1, 0.15) is 30.0 Å². The molecule has 406 valence electrons. The summed E-state index contributed by atoms with van der Waals surface area (Å²) in [7, 11) is -0.949. The van der Waals surface area contributed by atoms with Crippen LogP contribution in [0.4, 0.5) is 28.8 Å². The molecule has 3 aromatic carbocycles. The number of benzene rings is 3. The Morgan fingerprint density at radius 1 is 0.921 bits per heavy atom. The molecular formula is C55H71ClN11O7PS. The van der Waals surface area contributed by atoms with Crippen molar-refractivity contribution in [2.24, 2.45) is 5.41 Å². The number of aliphatic hydroxyl groups excluding tert-OH is 1. The molecule has 0 saturated carbocycles. The maximum atomic E-state index is 14.1. The average molecular weight is 1100 g/mol. The number of hydrogen-bond donors (Lipinski definition) is 5. The summed E-state index contributed by atoms with van der Waals surface area (Å²) in [5.74, 6) is 0.198. The first kappa shape index (κ1) is 56.1. The van der Waals surface area contributed by atoms with E-state index in [9.17, 15) is 28.8 Å². The molecule has 3 saturated heterocycles. The van der Waals surface area contributed by atoms with Crippen molar-refractivity contribution >= 4 is 87.8 Å². The molecule has 18 nitrogen and oxygen atoms in total. The minimum atomic E-state index is -2.58. The van der Waals surface area contributed by atoms with Gasteiger partial charge < -0.3 is 50.4 Å². The monoisotopic (exact) mass is 1100 g/mol. The molecule has 5 N–H and O–H groups in total. The number of para-hydroxylation sites is 1. The van der Waals surface area contributed by atoms with Crippen LogP contribution in [0.2, 0.25) is 5.02 Å². The third-order valence-corrected chi connectivity index (χ3v) is 17.2. The van der Waals surface area contributed by atoms with Crippen LogP contribution in [-0.2, 0) is 30.3 Å². The van der Waals surface area contributed by atoms with Gasteiger partial charge in [-0.1, -0.05) is 68.8 Å². The molecule has 21 heteroatoms. The number of thiazole rings is 1. The van der Waals surface area contributed by atoms with Crippen molar-refractivity contribution in [1.29, 1.82) is 0 Å². The first-order valence-corrected chi connectivity index (χ1v) is 29.8. The number of aryl methyl sites for hydroxylation is 1. The average Bonchev–Trinajstić information content (AvgIpc) is 4.03. The van der Waals surface area contributed by atoms with Crippen LogP contribution in [0.5, 0.6) is 5.75 Å². The number of aliphatic hydroxyl groups is 1. The molecule has 3 fully saturated rings. The lowest BCUT2D eigenvalue weighted by Crippen LogP contribution is -2.57. The van der Waals surface area contributed by atoms with Crippen molar-refractivity contribution in [3.05, 3.63) is 94.7 Å². The number of carbonyl (C=O) groups excluding carboxylic acids is 4. The lowest BCUT2D eigenvalue weighted by atomic mass is 9.85. The van der Waals surface area contributed by atoms with Gasteiger partial charge in [0.15, 0.2) is 5.82 Å². The van der Waals surface area contributed by atoms with Crippen LogP contribution in [-0.4, -0.2) is 149 Å². The van der Waals surface area contributed by atoms with E-state index in [1.54, 1.807) is 31.8 Å². The normalized spacial score (nSPS) is 18.0. The summed E-state index contributed by atoms with van der Waals surface area (Å²) in [6.45, 7) is 15.7. The minimum Gasteiger partial charge on any atom is -0.494 e. The van der Waals surface area contributed by atoms with E-state index in [4.69, 9.17) is 16.3 Å². The molecule has 3 aliphatic heterocycles. The van der Waals surface area contributed by atoms with Gasteiger partial charge in [-0.3, -0.25) is 24.1 Å². The molecule has 0 radical (unpaired) electrons. The fourth-order valence-corrected chi connectivity index (χ4v) is 12.3. The zero-order valence-corrected chi connectivity index (χ0v) is 46.9. The highest BCUT2D eigenvalue weighted by molar-refractivity contribution is 7.70. The Hall–Kier alpha value is -6.11. The summed E-state index contributed by atoms with van der Waals surface area (Å²) in [4.78, 5) is 77.0. The molecule has 3 aliphatic rings. The van der Waals surface area contributed by atoms with Crippen LogP contribution in [0.3, 0.4) is 0 Å². The highest BCUT2D eigenvalue weighted by Gasteiger charge is 2.44. The van der Waals surface area contributed by atoms with Gasteiger partial charge in [-0.15, -0.1) is 11.3 Å². The number of likely N-dealkylation sites (tertiary alicyclic amines) is 1. The Bertz CT molecular complexity index is 2920. The SMILES string of the molecule is COc1cc(N2CCC(N3CCN(C(=O)CCCC(=O)NC(C(=O)N4C[C@H](O)C[C@H]4C(=O)NCc4ccc(-c5scnc5C)cc4)C(C)(C)C)CC3)CC2)ccc1Nc1ncc(Cl)c(Nc2ccccc2P(C)(C)=O)n1. The molecule has 0 bridgehead atoms. The molecule has 3 atom stereocenters. The van der Waals surface area contributed by atoms with Gasteiger partial charge in [-0.2, -0.15) is 4.98 Å². The molecule has 2 aromatic heterocycles. The van der Waals surface area contributed by atoms with Crippen molar-refractivity contribution in [2.45, 2.75) is 97.0 Å². The zero-order valence-electron chi connectivity index (χ0n) is 44.5. The van der Waals surface area contributed by atoms with Gasteiger partial charge in [0.2, 0.25) is 29.6 Å². The van der Waals surface area contributed by atoms with Crippen LogP contribution in [0.15, 0.2) is 78.4 Å². The lowest BCUT2D eigenvalue weighted by molar-refractivity contribution is -0.144. The number of β-amino-alcohol motifs (C(OH)–C–C–N with tert-alkyl or cyclic N) is 1. The number of amides is 4. The molecule has 1 unspecified atom stereocenters. The first-order chi connectivity index (χ1) is 36.2. The summed E-state index contributed by atoms with van der Waals surface area (Å²) in [6, 6.07) is 19.9. The Balaban J connectivity index is 0.760. The maximum Gasteiger partial charge on any atom is 0.246 e. The number of ether oxygens (including phenoxy) is 1. The van der Waals surface area contributed by atoms with E-state index in [1.807, 2.05) is 98.8 Å². The van der Waals surface area contributed by atoms with Crippen LogP contribution >= 0.6 is 30.1 Å². The van der Waals surface area contributed by atoms with Gasteiger partial charge in [-0.05, 0) is 80.3 Å². The van der Waals surface area contributed by atoms with E-state index in [2.05, 4.69) is 52.1 Å². The van der Waals surface area contributed by atoms with E-state index >= 15 is 0 Å². The van der Waals surface area contributed by atoms with Crippen molar-refractivity contribution in [2.75, 3.05) is 81.8 Å². The molecule has 0 spiro atoms. The van der Waals surface area contributed by atoms with Crippen LogP contribution in [0.25, 0.3) is 10.4 Å². The van der Waals surface area contributed by atoms with E-state index in [0.717, 1.165) is 66.4 Å². The number of aromatic nitrogens is 3. The van der Waals surface area contributed by atoms with Crippen LogP contribution in [0.1, 0.15) is 70.6 Å². The van der Waals surface area contributed by atoms with Crippen molar-refractivity contribution < 1.29 is 33.6 Å². The third-order valence-electron chi connectivity index (χ3n) is 14.4. The number of methoxy groups -OCH3 is 1.